The molecule has 0 heterocycles. The minimum atomic E-state index is -1.12. The standard InChI is InChI=1S/C22H29NO3/c1-2-3-4-5-6-7-9-17-12-14-19(15-13-17)23-16-18-10-8-11-20(21(18)24)22(25)26/h8,10-15,23-24H,2-7,9,16H2,1H3,(H,25,26). The van der Waals surface area contributed by atoms with E-state index >= 15 is 0 Å². The van der Waals surface area contributed by atoms with E-state index in [-0.39, 0.29) is 11.3 Å². The molecular weight excluding hydrogens is 326 g/mol. The summed E-state index contributed by atoms with van der Waals surface area (Å²) in [6.45, 7) is 2.61. The van der Waals surface area contributed by atoms with Crippen LogP contribution < -0.4 is 5.32 Å². The van der Waals surface area contributed by atoms with Gasteiger partial charge in [-0.3, -0.25) is 0 Å². The summed E-state index contributed by atoms with van der Waals surface area (Å²) in [5.74, 6) is -1.30. The molecule has 0 aromatic heterocycles. The first-order valence-corrected chi connectivity index (χ1v) is 9.48. The van der Waals surface area contributed by atoms with Crippen molar-refractivity contribution >= 4 is 11.7 Å². The van der Waals surface area contributed by atoms with Crippen molar-refractivity contribution in [1.82, 2.24) is 0 Å². The number of aromatic hydroxyl groups is 1. The summed E-state index contributed by atoms with van der Waals surface area (Å²) < 4.78 is 0. The largest absolute Gasteiger partial charge is 0.507 e. The smallest absolute Gasteiger partial charge is 0.339 e. The highest BCUT2D eigenvalue weighted by Gasteiger charge is 2.12. The molecule has 3 N–H and O–H groups in total. The zero-order valence-electron chi connectivity index (χ0n) is 15.5. The van der Waals surface area contributed by atoms with E-state index < -0.39 is 5.97 Å². The third kappa shape index (κ3) is 6.10. The number of aryl methyl sites for hydroxylation is 1. The maximum absolute atomic E-state index is 11.1. The Balaban J connectivity index is 1.81. The van der Waals surface area contributed by atoms with E-state index in [1.54, 1.807) is 12.1 Å². The van der Waals surface area contributed by atoms with Crippen LogP contribution in [-0.2, 0) is 13.0 Å². The number of hydrogen-bond donors (Lipinski definition) is 3. The molecule has 140 valence electrons. The van der Waals surface area contributed by atoms with Gasteiger partial charge >= 0.3 is 5.97 Å². The fourth-order valence-electron chi connectivity index (χ4n) is 3.00. The van der Waals surface area contributed by atoms with Crippen LogP contribution in [0.25, 0.3) is 0 Å². The average molecular weight is 355 g/mol. The van der Waals surface area contributed by atoms with Gasteiger partial charge in [-0.05, 0) is 36.6 Å². The third-order valence-corrected chi connectivity index (χ3v) is 4.61. The van der Waals surface area contributed by atoms with Crippen molar-refractivity contribution in [2.75, 3.05) is 5.32 Å². The Kier molecular flexibility index (Phi) is 8.00. The predicted octanol–water partition coefficient (Wildman–Crippen LogP) is 5.61. The maximum atomic E-state index is 11.1. The molecule has 0 spiro atoms. The molecule has 0 aliphatic carbocycles. The zero-order valence-corrected chi connectivity index (χ0v) is 15.5. The summed E-state index contributed by atoms with van der Waals surface area (Å²) in [5, 5.41) is 22.3. The average Bonchev–Trinajstić information content (AvgIpc) is 2.64. The number of unbranched alkanes of at least 4 members (excludes halogenated alkanes) is 5. The monoisotopic (exact) mass is 355 g/mol. The molecule has 0 bridgehead atoms. The highest BCUT2D eigenvalue weighted by atomic mass is 16.4. The van der Waals surface area contributed by atoms with Crippen LogP contribution in [0.3, 0.4) is 0 Å². The fourth-order valence-corrected chi connectivity index (χ4v) is 3.00. The number of hydrogen-bond acceptors (Lipinski definition) is 3. The van der Waals surface area contributed by atoms with Gasteiger partial charge < -0.3 is 15.5 Å². The molecule has 0 fully saturated rings. The van der Waals surface area contributed by atoms with Crippen LogP contribution >= 0.6 is 0 Å². The Morgan fingerprint density at radius 3 is 2.35 bits per heavy atom. The number of para-hydroxylation sites is 1. The summed E-state index contributed by atoms with van der Waals surface area (Å²) in [6.07, 6.45) is 8.92. The van der Waals surface area contributed by atoms with Gasteiger partial charge in [0.2, 0.25) is 0 Å². The number of carbonyl (C=O) groups is 1. The van der Waals surface area contributed by atoms with Crippen molar-refractivity contribution in [3.63, 3.8) is 0 Å². The summed E-state index contributed by atoms with van der Waals surface area (Å²) in [4.78, 5) is 11.1. The quantitative estimate of drug-likeness (QED) is 0.459. The lowest BCUT2D eigenvalue weighted by Gasteiger charge is -2.10. The molecule has 2 aromatic carbocycles. The van der Waals surface area contributed by atoms with Crippen LogP contribution in [0.2, 0.25) is 0 Å². The number of rotatable bonds is 11. The van der Waals surface area contributed by atoms with Crippen LogP contribution in [0.4, 0.5) is 5.69 Å². The van der Waals surface area contributed by atoms with Crippen LogP contribution in [-0.4, -0.2) is 16.2 Å². The summed E-state index contributed by atoms with van der Waals surface area (Å²) in [5.41, 5.74) is 2.79. The molecular formula is C22H29NO3. The Morgan fingerprint density at radius 2 is 1.65 bits per heavy atom. The van der Waals surface area contributed by atoms with E-state index in [2.05, 4.69) is 24.4 Å². The molecule has 0 amide bonds. The van der Waals surface area contributed by atoms with Gasteiger partial charge in [0.05, 0.1) is 0 Å². The highest BCUT2D eigenvalue weighted by Crippen LogP contribution is 2.23. The molecule has 2 rings (SSSR count). The number of benzene rings is 2. The summed E-state index contributed by atoms with van der Waals surface area (Å²) in [6, 6.07) is 13.1. The number of nitrogens with one attached hydrogen (secondary N) is 1. The van der Waals surface area contributed by atoms with Gasteiger partial charge in [-0.25, -0.2) is 4.79 Å². The molecule has 0 saturated carbocycles. The van der Waals surface area contributed by atoms with Crippen LogP contribution in [0.1, 0.15) is 66.9 Å². The summed E-state index contributed by atoms with van der Waals surface area (Å²) in [7, 11) is 0. The van der Waals surface area contributed by atoms with Crippen molar-refractivity contribution in [3.8, 4) is 5.75 Å². The predicted molar refractivity (Wildman–Crippen MR) is 106 cm³/mol. The Labute approximate surface area is 155 Å². The lowest BCUT2D eigenvalue weighted by atomic mass is 10.0. The minimum absolute atomic E-state index is 0.0708. The van der Waals surface area contributed by atoms with Crippen LogP contribution in [0, 0.1) is 0 Å². The lowest BCUT2D eigenvalue weighted by molar-refractivity contribution is 0.0693. The SMILES string of the molecule is CCCCCCCCc1ccc(NCc2cccc(C(=O)O)c2O)cc1. The molecule has 0 saturated heterocycles. The number of aromatic carboxylic acids is 1. The van der Waals surface area contributed by atoms with Crippen molar-refractivity contribution in [2.45, 2.75) is 58.4 Å². The molecule has 4 nitrogen and oxygen atoms in total. The maximum Gasteiger partial charge on any atom is 0.339 e. The van der Waals surface area contributed by atoms with Gasteiger partial charge in [0.1, 0.15) is 11.3 Å². The van der Waals surface area contributed by atoms with Crippen molar-refractivity contribution in [2.24, 2.45) is 0 Å². The normalized spacial score (nSPS) is 10.7. The number of carboxylic acid groups (broad SMARTS) is 1. The van der Waals surface area contributed by atoms with E-state index in [4.69, 9.17) is 5.11 Å². The Bertz CT molecular complexity index is 695. The van der Waals surface area contributed by atoms with E-state index in [1.165, 1.54) is 50.2 Å². The molecule has 2 aromatic rings. The molecule has 26 heavy (non-hydrogen) atoms. The first-order chi connectivity index (χ1) is 12.6. The second-order valence-corrected chi connectivity index (χ2v) is 6.69. The van der Waals surface area contributed by atoms with Crippen molar-refractivity contribution in [3.05, 3.63) is 59.2 Å². The second-order valence-electron chi connectivity index (χ2n) is 6.69. The molecule has 0 radical (unpaired) electrons. The number of phenols is 1. The van der Waals surface area contributed by atoms with Crippen molar-refractivity contribution < 1.29 is 15.0 Å². The third-order valence-electron chi connectivity index (χ3n) is 4.61. The Hall–Kier alpha value is -2.49. The summed E-state index contributed by atoms with van der Waals surface area (Å²) >= 11 is 0. The fraction of sp³-hybridized carbons (Fsp3) is 0.409. The lowest BCUT2D eigenvalue weighted by Crippen LogP contribution is -2.03. The minimum Gasteiger partial charge on any atom is -0.507 e. The molecule has 0 aliphatic heterocycles. The number of carboxylic acids is 1. The molecule has 0 atom stereocenters. The first-order valence-electron chi connectivity index (χ1n) is 9.48. The zero-order chi connectivity index (χ0) is 18.8. The second kappa shape index (κ2) is 10.5. The Morgan fingerprint density at radius 1 is 0.962 bits per heavy atom. The first kappa shape index (κ1) is 19.8. The van der Waals surface area contributed by atoms with Crippen molar-refractivity contribution in [1.29, 1.82) is 0 Å². The van der Waals surface area contributed by atoms with Gasteiger partial charge in [-0.2, -0.15) is 0 Å². The van der Waals surface area contributed by atoms with Gasteiger partial charge in [0, 0.05) is 17.8 Å². The van der Waals surface area contributed by atoms with E-state index in [9.17, 15) is 9.90 Å². The highest BCUT2D eigenvalue weighted by molar-refractivity contribution is 5.91. The van der Waals surface area contributed by atoms with E-state index in [1.807, 2.05) is 12.1 Å². The molecule has 0 unspecified atom stereocenters. The molecule has 0 aliphatic rings. The van der Waals surface area contributed by atoms with Gasteiger partial charge in [0.15, 0.2) is 0 Å². The topological polar surface area (TPSA) is 69.6 Å². The van der Waals surface area contributed by atoms with Gasteiger partial charge in [-0.15, -0.1) is 0 Å². The van der Waals surface area contributed by atoms with Crippen LogP contribution in [0.5, 0.6) is 5.75 Å². The van der Waals surface area contributed by atoms with Crippen LogP contribution in [0.15, 0.2) is 42.5 Å². The van der Waals surface area contributed by atoms with Gasteiger partial charge in [0.25, 0.3) is 0 Å². The van der Waals surface area contributed by atoms with Gasteiger partial charge in [-0.1, -0.05) is 63.3 Å². The van der Waals surface area contributed by atoms with E-state index in [0.717, 1.165) is 12.1 Å². The van der Waals surface area contributed by atoms with E-state index in [0.29, 0.717) is 12.1 Å². The number of anilines is 1. The molecule has 4 heteroatoms.